The summed E-state index contributed by atoms with van der Waals surface area (Å²) in [6, 6.07) is 6.44. The Morgan fingerprint density at radius 1 is 1.53 bits per heavy atom. The van der Waals surface area contributed by atoms with E-state index in [-0.39, 0.29) is 0 Å². The van der Waals surface area contributed by atoms with Crippen molar-refractivity contribution in [1.82, 2.24) is 0 Å². The summed E-state index contributed by atoms with van der Waals surface area (Å²) in [4.78, 5) is 0. The number of rotatable bonds is 5. The average Bonchev–Trinajstić information content (AvgIpc) is 2.20. The van der Waals surface area contributed by atoms with E-state index in [2.05, 4.69) is 31.8 Å². The second-order valence-corrected chi connectivity index (χ2v) is 4.30. The maximum atomic E-state index is 6.09. The lowest BCUT2D eigenvalue weighted by atomic mass is 10.1. The monoisotopic (exact) mass is 223 g/mol. The number of hydrogen-bond acceptors (Lipinski definition) is 1. The Morgan fingerprint density at radius 2 is 2.27 bits per heavy atom. The number of anilines is 1. The molecule has 1 unspecified atom stereocenters. The first-order valence-electron chi connectivity index (χ1n) is 5.27. The third kappa shape index (κ3) is 3.96. The van der Waals surface area contributed by atoms with Gasteiger partial charge in [0.05, 0.1) is 10.7 Å². The van der Waals surface area contributed by atoms with Gasteiger partial charge in [-0.3, -0.25) is 0 Å². The molecule has 0 aliphatic heterocycles. The lowest BCUT2D eigenvalue weighted by Crippen LogP contribution is -2.14. The quantitative estimate of drug-likeness (QED) is 0.729. The minimum Gasteiger partial charge on any atom is -0.381 e. The molecule has 2 heteroatoms. The van der Waals surface area contributed by atoms with Crippen LogP contribution in [0.4, 0.5) is 5.69 Å². The molecule has 1 aromatic rings. The molecule has 1 rings (SSSR count). The molecule has 0 radical (unpaired) electrons. The van der Waals surface area contributed by atoms with Crippen LogP contribution in [0.25, 0.3) is 0 Å². The fourth-order valence-corrected chi connectivity index (χ4v) is 1.63. The summed E-state index contributed by atoms with van der Waals surface area (Å²) in [6.07, 6.45) is 4.04. The molecular weight excluding hydrogens is 206 g/mol. The van der Waals surface area contributed by atoms with E-state index >= 15 is 0 Å². The van der Waals surface area contributed by atoms with Gasteiger partial charge in [-0.25, -0.2) is 0 Å². The van der Waals surface area contributed by atoms with Crippen LogP contribution >= 0.6 is 11.6 Å². The van der Waals surface area contributed by atoms with Crippen LogP contribution in [-0.2, 0) is 0 Å². The van der Waals surface area contributed by atoms with Gasteiger partial charge in [0.15, 0.2) is 0 Å². The summed E-state index contributed by atoms with van der Waals surface area (Å²) < 4.78 is 0. The molecule has 0 heterocycles. The average molecular weight is 224 g/mol. The third-order valence-electron chi connectivity index (χ3n) is 2.33. The summed E-state index contributed by atoms with van der Waals surface area (Å²) in [6.45, 7) is 7.94. The van der Waals surface area contributed by atoms with Crippen LogP contribution in [0.2, 0.25) is 5.02 Å². The van der Waals surface area contributed by atoms with Crippen molar-refractivity contribution in [1.29, 1.82) is 0 Å². The zero-order chi connectivity index (χ0) is 11.3. The van der Waals surface area contributed by atoms with Gasteiger partial charge in [-0.15, -0.1) is 6.58 Å². The smallest absolute Gasteiger partial charge is 0.0637 e. The maximum absolute atomic E-state index is 6.09. The zero-order valence-corrected chi connectivity index (χ0v) is 10.1. The first-order valence-corrected chi connectivity index (χ1v) is 5.65. The highest BCUT2D eigenvalue weighted by Crippen LogP contribution is 2.23. The Morgan fingerprint density at radius 3 is 2.93 bits per heavy atom. The van der Waals surface area contributed by atoms with E-state index < -0.39 is 0 Å². The Kier molecular flexibility index (Phi) is 4.70. The molecule has 0 amide bonds. The van der Waals surface area contributed by atoms with Gasteiger partial charge >= 0.3 is 0 Å². The number of hydrogen-bond donors (Lipinski definition) is 1. The number of aryl methyl sites for hydroxylation is 1. The van der Waals surface area contributed by atoms with Gasteiger partial charge in [0.1, 0.15) is 0 Å². The minimum atomic E-state index is 0.419. The molecule has 1 aromatic carbocycles. The number of nitrogens with one attached hydrogen (secondary N) is 1. The fraction of sp³-hybridized carbons (Fsp3) is 0.385. The van der Waals surface area contributed by atoms with Gasteiger partial charge in [-0.1, -0.05) is 23.7 Å². The van der Waals surface area contributed by atoms with Gasteiger partial charge in [0, 0.05) is 6.04 Å². The third-order valence-corrected chi connectivity index (χ3v) is 2.66. The summed E-state index contributed by atoms with van der Waals surface area (Å²) in [5, 5.41) is 4.19. The van der Waals surface area contributed by atoms with Crippen molar-refractivity contribution in [3.8, 4) is 0 Å². The van der Waals surface area contributed by atoms with Crippen molar-refractivity contribution in [3.05, 3.63) is 41.4 Å². The van der Waals surface area contributed by atoms with Crippen LogP contribution in [0.3, 0.4) is 0 Å². The van der Waals surface area contributed by atoms with Crippen molar-refractivity contribution < 1.29 is 0 Å². The SMILES string of the molecule is C=CCCC(C)Nc1cc(C)ccc1Cl. The molecule has 0 spiro atoms. The number of halogens is 1. The van der Waals surface area contributed by atoms with Gasteiger partial charge in [-0.2, -0.15) is 0 Å². The molecule has 0 aliphatic carbocycles. The lowest BCUT2D eigenvalue weighted by Gasteiger charge is -2.16. The van der Waals surface area contributed by atoms with Crippen molar-refractivity contribution in [3.63, 3.8) is 0 Å². The van der Waals surface area contributed by atoms with Crippen molar-refractivity contribution in [2.75, 3.05) is 5.32 Å². The van der Waals surface area contributed by atoms with Crippen LogP contribution in [-0.4, -0.2) is 6.04 Å². The summed E-state index contributed by atoms with van der Waals surface area (Å²) in [5.74, 6) is 0. The van der Waals surface area contributed by atoms with E-state index in [0.29, 0.717) is 6.04 Å². The molecule has 0 aromatic heterocycles. The lowest BCUT2D eigenvalue weighted by molar-refractivity contribution is 0.719. The Bertz CT molecular complexity index is 333. The normalized spacial score (nSPS) is 12.2. The number of benzene rings is 1. The van der Waals surface area contributed by atoms with E-state index in [1.54, 1.807) is 0 Å². The van der Waals surface area contributed by atoms with Crippen LogP contribution in [0, 0.1) is 6.92 Å². The molecule has 1 atom stereocenters. The Balaban J connectivity index is 2.62. The number of allylic oxidation sites excluding steroid dienone is 1. The molecule has 0 saturated heterocycles. The molecular formula is C13H18ClN. The molecule has 0 saturated carbocycles. The maximum Gasteiger partial charge on any atom is 0.0637 e. The van der Waals surface area contributed by atoms with Gasteiger partial charge in [0.2, 0.25) is 0 Å². The summed E-state index contributed by atoms with van der Waals surface area (Å²) >= 11 is 6.09. The minimum absolute atomic E-state index is 0.419. The van der Waals surface area contributed by atoms with Crippen molar-refractivity contribution in [2.24, 2.45) is 0 Å². The van der Waals surface area contributed by atoms with Gasteiger partial charge in [-0.05, 0) is 44.4 Å². The van der Waals surface area contributed by atoms with E-state index in [4.69, 9.17) is 11.6 Å². The van der Waals surface area contributed by atoms with E-state index in [0.717, 1.165) is 23.6 Å². The highest BCUT2D eigenvalue weighted by molar-refractivity contribution is 6.33. The van der Waals surface area contributed by atoms with Gasteiger partial charge in [0.25, 0.3) is 0 Å². The second kappa shape index (κ2) is 5.82. The second-order valence-electron chi connectivity index (χ2n) is 3.89. The molecule has 0 bridgehead atoms. The summed E-state index contributed by atoms with van der Waals surface area (Å²) in [5.41, 5.74) is 2.24. The van der Waals surface area contributed by atoms with Crippen LogP contribution in [0.5, 0.6) is 0 Å². The largest absolute Gasteiger partial charge is 0.381 e. The molecule has 15 heavy (non-hydrogen) atoms. The topological polar surface area (TPSA) is 12.0 Å². The van der Waals surface area contributed by atoms with Crippen LogP contribution in [0.15, 0.2) is 30.9 Å². The molecule has 82 valence electrons. The van der Waals surface area contributed by atoms with Crippen molar-refractivity contribution >= 4 is 17.3 Å². The van der Waals surface area contributed by atoms with Crippen LogP contribution in [0.1, 0.15) is 25.3 Å². The molecule has 0 fully saturated rings. The van der Waals surface area contributed by atoms with E-state index in [1.807, 2.05) is 18.2 Å². The van der Waals surface area contributed by atoms with Gasteiger partial charge < -0.3 is 5.32 Å². The van der Waals surface area contributed by atoms with E-state index in [9.17, 15) is 0 Å². The fourth-order valence-electron chi connectivity index (χ4n) is 1.46. The zero-order valence-electron chi connectivity index (χ0n) is 9.39. The predicted octanol–water partition coefficient (Wildman–Crippen LogP) is 4.42. The predicted molar refractivity (Wildman–Crippen MR) is 68.7 cm³/mol. The Labute approximate surface area is 97.1 Å². The molecule has 0 aliphatic rings. The first kappa shape index (κ1) is 12.1. The molecule has 1 N–H and O–H groups in total. The standard InChI is InChI=1S/C13H18ClN/c1-4-5-6-11(3)15-13-9-10(2)7-8-12(13)14/h4,7-9,11,15H,1,5-6H2,2-3H3. The van der Waals surface area contributed by atoms with E-state index in [1.165, 1.54) is 5.56 Å². The van der Waals surface area contributed by atoms with Crippen LogP contribution < -0.4 is 5.32 Å². The molecule has 1 nitrogen and oxygen atoms in total. The Hall–Kier alpha value is -0.950. The summed E-state index contributed by atoms with van der Waals surface area (Å²) in [7, 11) is 0. The highest BCUT2D eigenvalue weighted by atomic mass is 35.5. The highest BCUT2D eigenvalue weighted by Gasteiger charge is 2.04. The first-order chi connectivity index (χ1) is 7.13. The van der Waals surface area contributed by atoms with Crippen molar-refractivity contribution in [2.45, 2.75) is 32.7 Å².